The van der Waals surface area contributed by atoms with Crippen LogP contribution in [0, 0.1) is 17.3 Å². The lowest BCUT2D eigenvalue weighted by atomic mass is 9.88. The van der Waals surface area contributed by atoms with Crippen molar-refractivity contribution in [2.45, 2.75) is 39.5 Å². The molecule has 15 heavy (non-hydrogen) atoms. The highest BCUT2D eigenvalue weighted by Crippen LogP contribution is 2.41. The summed E-state index contributed by atoms with van der Waals surface area (Å²) in [6.45, 7) is 8.80. The van der Waals surface area contributed by atoms with Gasteiger partial charge in [-0.3, -0.25) is 0 Å². The Morgan fingerprint density at radius 2 is 1.67 bits per heavy atom. The molecule has 2 fully saturated rings. The zero-order chi connectivity index (χ0) is 10.9. The smallest absolute Gasteiger partial charge is 0.0100 e. The van der Waals surface area contributed by atoms with E-state index in [9.17, 15) is 0 Å². The highest BCUT2D eigenvalue weighted by atomic mass is 79.9. The molecule has 0 spiro atoms. The number of likely N-dealkylation sites (tertiary alicyclic amines) is 1. The van der Waals surface area contributed by atoms with Crippen LogP contribution >= 0.6 is 15.9 Å². The van der Waals surface area contributed by atoms with E-state index < -0.39 is 0 Å². The van der Waals surface area contributed by atoms with Crippen LogP contribution in [0.3, 0.4) is 0 Å². The molecule has 0 N–H and O–H groups in total. The fourth-order valence-corrected chi connectivity index (χ4v) is 4.05. The lowest BCUT2D eigenvalue weighted by Crippen LogP contribution is -2.36. The molecule has 0 aromatic carbocycles. The quantitative estimate of drug-likeness (QED) is 0.712. The molecule has 1 saturated heterocycles. The Labute approximate surface area is 103 Å². The van der Waals surface area contributed by atoms with Gasteiger partial charge in [0, 0.05) is 25.0 Å². The van der Waals surface area contributed by atoms with Crippen molar-refractivity contribution >= 4 is 15.9 Å². The van der Waals surface area contributed by atoms with Gasteiger partial charge in [0.2, 0.25) is 0 Å². The van der Waals surface area contributed by atoms with Crippen LogP contribution in [0.4, 0.5) is 0 Å². The normalized spacial score (nSPS) is 36.2. The van der Waals surface area contributed by atoms with Crippen molar-refractivity contribution in [1.29, 1.82) is 0 Å². The van der Waals surface area contributed by atoms with Crippen molar-refractivity contribution in [2.24, 2.45) is 17.3 Å². The van der Waals surface area contributed by atoms with Crippen LogP contribution in [-0.4, -0.2) is 29.9 Å². The minimum absolute atomic E-state index is 0.615. The van der Waals surface area contributed by atoms with E-state index >= 15 is 0 Å². The van der Waals surface area contributed by atoms with E-state index in [1.165, 1.54) is 50.6 Å². The number of nitrogens with zero attached hydrogens (tertiary/aromatic N) is 1. The molecule has 1 aliphatic carbocycles. The molecule has 2 aliphatic rings. The number of rotatable bonds is 3. The molecule has 0 aromatic heterocycles. The van der Waals surface area contributed by atoms with Crippen molar-refractivity contribution < 1.29 is 0 Å². The molecular weight excluding hydrogens is 250 g/mol. The average molecular weight is 274 g/mol. The van der Waals surface area contributed by atoms with Crippen LogP contribution in [0.1, 0.15) is 39.5 Å². The summed E-state index contributed by atoms with van der Waals surface area (Å²) in [4.78, 5) is 2.71. The Bertz CT molecular complexity index is 201. The highest BCUT2D eigenvalue weighted by Gasteiger charge is 2.37. The molecule has 88 valence electrons. The Hall–Kier alpha value is 0.440. The number of hydrogen-bond donors (Lipinski definition) is 0. The molecule has 0 bridgehead atoms. The van der Waals surface area contributed by atoms with Gasteiger partial charge in [-0.05, 0) is 30.1 Å². The SMILES string of the molecule is CC1CN(CC2(CBr)CCCC2)CC1C. The van der Waals surface area contributed by atoms with Gasteiger partial charge in [-0.15, -0.1) is 0 Å². The molecule has 2 rings (SSSR count). The molecule has 2 heteroatoms. The van der Waals surface area contributed by atoms with E-state index in [-0.39, 0.29) is 0 Å². The number of alkyl halides is 1. The highest BCUT2D eigenvalue weighted by molar-refractivity contribution is 9.09. The van der Waals surface area contributed by atoms with Gasteiger partial charge < -0.3 is 4.90 Å². The third-order valence-corrected chi connectivity index (χ3v) is 5.76. The van der Waals surface area contributed by atoms with E-state index in [0.717, 1.165) is 11.8 Å². The van der Waals surface area contributed by atoms with Crippen LogP contribution in [0.2, 0.25) is 0 Å². The van der Waals surface area contributed by atoms with E-state index in [1.54, 1.807) is 0 Å². The predicted octanol–water partition coefficient (Wildman–Crippen LogP) is 3.53. The molecule has 1 saturated carbocycles. The molecule has 1 heterocycles. The van der Waals surface area contributed by atoms with Gasteiger partial charge in [0.1, 0.15) is 0 Å². The maximum atomic E-state index is 3.74. The summed E-state index contributed by atoms with van der Waals surface area (Å²) in [5.74, 6) is 1.80. The Morgan fingerprint density at radius 1 is 1.13 bits per heavy atom. The summed E-state index contributed by atoms with van der Waals surface area (Å²) in [6.07, 6.45) is 5.78. The third kappa shape index (κ3) is 2.58. The molecular formula is C13H24BrN. The van der Waals surface area contributed by atoms with Gasteiger partial charge in [-0.1, -0.05) is 42.6 Å². The zero-order valence-corrected chi connectivity index (χ0v) is 11.7. The van der Waals surface area contributed by atoms with Crippen LogP contribution in [0.25, 0.3) is 0 Å². The Morgan fingerprint density at radius 3 is 2.13 bits per heavy atom. The summed E-state index contributed by atoms with van der Waals surface area (Å²) in [5, 5.41) is 1.21. The van der Waals surface area contributed by atoms with Gasteiger partial charge >= 0.3 is 0 Å². The summed E-state index contributed by atoms with van der Waals surface area (Å²) in [7, 11) is 0. The summed E-state index contributed by atoms with van der Waals surface area (Å²) in [5.41, 5.74) is 0.615. The van der Waals surface area contributed by atoms with Gasteiger partial charge in [0.25, 0.3) is 0 Å². The second kappa shape index (κ2) is 4.75. The first-order chi connectivity index (χ1) is 7.15. The van der Waals surface area contributed by atoms with Crippen LogP contribution in [0.15, 0.2) is 0 Å². The molecule has 1 aliphatic heterocycles. The molecule has 2 atom stereocenters. The molecule has 0 radical (unpaired) electrons. The Balaban J connectivity index is 1.90. The van der Waals surface area contributed by atoms with Gasteiger partial charge in [-0.25, -0.2) is 0 Å². The van der Waals surface area contributed by atoms with Crippen molar-refractivity contribution in [3.63, 3.8) is 0 Å². The zero-order valence-electron chi connectivity index (χ0n) is 10.1. The molecule has 1 nitrogen and oxygen atoms in total. The van der Waals surface area contributed by atoms with E-state index in [2.05, 4.69) is 34.7 Å². The first-order valence-electron chi connectivity index (χ1n) is 6.43. The fraction of sp³-hybridized carbons (Fsp3) is 1.00. The van der Waals surface area contributed by atoms with Gasteiger partial charge in [0.15, 0.2) is 0 Å². The summed E-state index contributed by atoms with van der Waals surface area (Å²) in [6, 6.07) is 0. The van der Waals surface area contributed by atoms with Crippen molar-refractivity contribution in [2.75, 3.05) is 25.0 Å². The number of halogens is 1. The van der Waals surface area contributed by atoms with Gasteiger partial charge in [0.05, 0.1) is 0 Å². The van der Waals surface area contributed by atoms with Crippen LogP contribution < -0.4 is 0 Å². The maximum Gasteiger partial charge on any atom is 0.0100 e. The molecule has 0 aromatic rings. The monoisotopic (exact) mass is 273 g/mol. The van der Waals surface area contributed by atoms with Crippen molar-refractivity contribution in [3.8, 4) is 0 Å². The van der Waals surface area contributed by atoms with Crippen LogP contribution in [-0.2, 0) is 0 Å². The van der Waals surface area contributed by atoms with Crippen molar-refractivity contribution in [1.82, 2.24) is 4.90 Å². The maximum absolute atomic E-state index is 3.74. The first kappa shape index (κ1) is 11.9. The number of hydrogen-bond acceptors (Lipinski definition) is 1. The minimum Gasteiger partial charge on any atom is -0.302 e. The second-order valence-corrected chi connectivity index (χ2v) is 6.55. The van der Waals surface area contributed by atoms with E-state index in [0.29, 0.717) is 5.41 Å². The second-order valence-electron chi connectivity index (χ2n) is 5.99. The van der Waals surface area contributed by atoms with Gasteiger partial charge in [-0.2, -0.15) is 0 Å². The molecule has 0 amide bonds. The van der Waals surface area contributed by atoms with E-state index in [4.69, 9.17) is 0 Å². The predicted molar refractivity (Wildman–Crippen MR) is 69.5 cm³/mol. The van der Waals surface area contributed by atoms with E-state index in [1.807, 2.05) is 0 Å². The lowest BCUT2D eigenvalue weighted by molar-refractivity contribution is 0.196. The topological polar surface area (TPSA) is 3.24 Å². The largest absolute Gasteiger partial charge is 0.302 e. The first-order valence-corrected chi connectivity index (χ1v) is 7.56. The Kier molecular flexibility index (Phi) is 3.77. The minimum atomic E-state index is 0.615. The fourth-order valence-electron chi connectivity index (χ4n) is 3.31. The van der Waals surface area contributed by atoms with Crippen LogP contribution in [0.5, 0.6) is 0 Å². The average Bonchev–Trinajstić information content (AvgIpc) is 2.77. The van der Waals surface area contributed by atoms with Crippen molar-refractivity contribution in [3.05, 3.63) is 0 Å². The molecule has 2 unspecified atom stereocenters. The summed E-state index contributed by atoms with van der Waals surface area (Å²) >= 11 is 3.74. The lowest BCUT2D eigenvalue weighted by Gasteiger charge is -2.32. The third-order valence-electron chi connectivity index (χ3n) is 4.57. The standard InChI is InChI=1S/C13H24BrN/c1-11-7-15(8-12(11)2)10-13(9-14)5-3-4-6-13/h11-12H,3-10H2,1-2H3. The summed E-state index contributed by atoms with van der Waals surface area (Å²) < 4.78 is 0.